The van der Waals surface area contributed by atoms with Crippen LogP contribution >= 0.6 is 0 Å². The number of aldehydes is 1. The van der Waals surface area contributed by atoms with Crippen molar-refractivity contribution in [2.75, 3.05) is 45.9 Å². The van der Waals surface area contributed by atoms with Crippen molar-refractivity contribution in [3.8, 4) is 0 Å². The first-order valence-corrected chi connectivity index (χ1v) is 4.95. The third kappa shape index (κ3) is 4.26. The van der Waals surface area contributed by atoms with Crippen molar-refractivity contribution in [3.63, 3.8) is 0 Å². The molecule has 15 heavy (non-hydrogen) atoms. The molecule has 6 heteroatoms. The molecule has 0 aromatic carbocycles. The van der Waals surface area contributed by atoms with Gasteiger partial charge in [0.15, 0.2) is 0 Å². The van der Waals surface area contributed by atoms with Crippen LogP contribution in [0.5, 0.6) is 0 Å². The summed E-state index contributed by atoms with van der Waals surface area (Å²) in [5.74, 6) is 0. The predicted molar refractivity (Wildman–Crippen MR) is 52.9 cm³/mol. The minimum Gasteiger partial charge on any atom is -0.465 e. The molecule has 0 aliphatic carbocycles. The number of ether oxygens (including phenoxy) is 1. The lowest BCUT2D eigenvalue weighted by atomic mass is 10.4. The van der Waals surface area contributed by atoms with Crippen molar-refractivity contribution in [1.82, 2.24) is 9.80 Å². The Bertz CT molecular complexity index is 216. The molecule has 1 aliphatic heterocycles. The molecule has 1 heterocycles. The molecule has 0 aromatic heterocycles. The van der Waals surface area contributed by atoms with Gasteiger partial charge in [-0.25, -0.2) is 4.79 Å². The maximum Gasteiger partial charge on any atom is 0.407 e. The van der Waals surface area contributed by atoms with Gasteiger partial charge in [-0.05, 0) is 0 Å². The van der Waals surface area contributed by atoms with E-state index in [1.165, 1.54) is 0 Å². The maximum atomic E-state index is 10.7. The summed E-state index contributed by atoms with van der Waals surface area (Å²) in [6, 6.07) is 0. The normalized spacial score (nSPS) is 17.3. The van der Waals surface area contributed by atoms with E-state index < -0.39 is 6.09 Å². The van der Waals surface area contributed by atoms with Crippen molar-refractivity contribution in [1.29, 1.82) is 0 Å². The monoisotopic (exact) mass is 216 g/mol. The second kappa shape index (κ2) is 6.36. The van der Waals surface area contributed by atoms with Gasteiger partial charge in [-0.15, -0.1) is 0 Å². The molecule has 0 aromatic rings. The summed E-state index contributed by atoms with van der Waals surface area (Å²) in [5, 5.41) is 8.76. The highest BCUT2D eigenvalue weighted by molar-refractivity contribution is 5.69. The number of hydrogen-bond acceptors (Lipinski definition) is 4. The number of hydrogen-bond donors (Lipinski definition) is 1. The largest absolute Gasteiger partial charge is 0.465 e. The van der Waals surface area contributed by atoms with E-state index in [2.05, 4.69) is 4.90 Å². The van der Waals surface area contributed by atoms with E-state index in [1.807, 2.05) is 0 Å². The molecule has 0 radical (unpaired) electrons. The van der Waals surface area contributed by atoms with E-state index in [9.17, 15) is 9.59 Å². The zero-order valence-electron chi connectivity index (χ0n) is 8.59. The molecule has 1 N–H and O–H groups in total. The van der Waals surface area contributed by atoms with Crippen LogP contribution in [0.2, 0.25) is 0 Å². The van der Waals surface area contributed by atoms with Crippen LogP contribution in [0.25, 0.3) is 0 Å². The summed E-state index contributed by atoms with van der Waals surface area (Å²) in [6.45, 7) is 4.02. The van der Waals surface area contributed by atoms with Gasteiger partial charge in [0.2, 0.25) is 0 Å². The molecular weight excluding hydrogens is 200 g/mol. The first-order valence-electron chi connectivity index (χ1n) is 4.95. The van der Waals surface area contributed by atoms with E-state index >= 15 is 0 Å². The van der Waals surface area contributed by atoms with Crippen molar-refractivity contribution >= 4 is 12.4 Å². The summed E-state index contributed by atoms with van der Waals surface area (Å²) in [7, 11) is 0. The average Bonchev–Trinajstić information content (AvgIpc) is 2.25. The van der Waals surface area contributed by atoms with Crippen molar-refractivity contribution < 1.29 is 19.4 Å². The minimum atomic E-state index is -1.05. The fraction of sp³-hybridized carbons (Fsp3) is 0.778. The average molecular weight is 216 g/mol. The second-order valence-corrected chi connectivity index (χ2v) is 3.35. The van der Waals surface area contributed by atoms with Crippen LogP contribution in [0.1, 0.15) is 0 Å². The number of rotatable bonds is 5. The van der Waals surface area contributed by atoms with E-state index in [-0.39, 0.29) is 6.54 Å². The van der Waals surface area contributed by atoms with Crippen LogP contribution in [0.3, 0.4) is 0 Å². The lowest BCUT2D eigenvalue weighted by molar-refractivity contribution is -0.108. The predicted octanol–water partition coefficient (Wildman–Crippen LogP) is -0.502. The van der Waals surface area contributed by atoms with Gasteiger partial charge in [0, 0.05) is 26.2 Å². The van der Waals surface area contributed by atoms with Crippen LogP contribution in [-0.2, 0) is 9.53 Å². The zero-order chi connectivity index (χ0) is 11.1. The number of amides is 1. The number of nitrogens with zero attached hydrogens (tertiary/aromatic N) is 2. The summed E-state index contributed by atoms with van der Waals surface area (Å²) in [5.41, 5.74) is 0. The Morgan fingerprint density at radius 1 is 1.47 bits per heavy atom. The molecule has 1 aliphatic rings. The maximum absolute atomic E-state index is 10.7. The summed E-state index contributed by atoms with van der Waals surface area (Å²) in [6.07, 6.45) is -0.441. The highest BCUT2D eigenvalue weighted by Crippen LogP contribution is 1.97. The Hall–Kier alpha value is -1.14. The number of carboxylic acid groups (broad SMARTS) is 1. The zero-order valence-corrected chi connectivity index (χ0v) is 8.59. The summed E-state index contributed by atoms with van der Waals surface area (Å²) in [4.78, 5) is 24.2. The van der Waals surface area contributed by atoms with E-state index in [0.29, 0.717) is 32.6 Å². The van der Waals surface area contributed by atoms with Gasteiger partial charge in [-0.3, -0.25) is 4.90 Å². The molecule has 0 unspecified atom stereocenters. The third-order valence-corrected chi connectivity index (χ3v) is 2.36. The Labute approximate surface area is 88.4 Å². The van der Waals surface area contributed by atoms with Crippen molar-refractivity contribution in [2.24, 2.45) is 0 Å². The van der Waals surface area contributed by atoms with Gasteiger partial charge >= 0.3 is 6.09 Å². The van der Waals surface area contributed by atoms with Gasteiger partial charge in [-0.1, -0.05) is 0 Å². The molecule has 6 nitrogen and oxygen atoms in total. The quantitative estimate of drug-likeness (QED) is 0.627. The van der Waals surface area contributed by atoms with Crippen LogP contribution in [0, 0.1) is 0 Å². The minimum absolute atomic E-state index is 0.0559. The van der Waals surface area contributed by atoms with Gasteiger partial charge in [-0.2, -0.15) is 0 Å². The summed E-state index contributed by atoms with van der Waals surface area (Å²) >= 11 is 0. The first kappa shape index (κ1) is 11.9. The molecule has 0 saturated carbocycles. The lowest BCUT2D eigenvalue weighted by Crippen LogP contribution is -2.43. The number of morpholine rings is 1. The Morgan fingerprint density at radius 3 is 2.67 bits per heavy atom. The van der Waals surface area contributed by atoms with Crippen molar-refractivity contribution in [2.45, 2.75) is 0 Å². The van der Waals surface area contributed by atoms with Crippen LogP contribution in [0.15, 0.2) is 0 Å². The highest BCUT2D eigenvalue weighted by Gasteiger charge is 2.14. The molecule has 1 amide bonds. The third-order valence-electron chi connectivity index (χ3n) is 2.36. The van der Waals surface area contributed by atoms with Gasteiger partial charge in [0.1, 0.15) is 6.29 Å². The Morgan fingerprint density at radius 2 is 2.13 bits per heavy atom. The number of carbonyl (C=O) groups excluding carboxylic acids is 1. The topological polar surface area (TPSA) is 70.1 Å². The molecule has 0 atom stereocenters. The molecule has 1 saturated heterocycles. The van der Waals surface area contributed by atoms with E-state index in [0.717, 1.165) is 18.0 Å². The molecular formula is C9H16N2O4. The molecule has 1 fully saturated rings. The smallest absolute Gasteiger partial charge is 0.407 e. The Balaban J connectivity index is 2.25. The molecule has 0 bridgehead atoms. The Kier molecular flexibility index (Phi) is 5.06. The first-order chi connectivity index (χ1) is 7.24. The number of carbonyl (C=O) groups is 2. The van der Waals surface area contributed by atoms with Crippen molar-refractivity contribution in [3.05, 3.63) is 0 Å². The fourth-order valence-corrected chi connectivity index (χ4v) is 1.44. The van der Waals surface area contributed by atoms with Gasteiger partial charge in [0.05, 0.1) is 19.8 Å². The molecule has 86 valence electrons. The van der Waals surface area contributed by atoms with Crippen LogP contribution in [-0.4, -0.2) is 73.2 Å². The van der Waals surface area contributed by atoms with Gasteiger partial charge < -0.3 is 19.5 Å². The van der Waals surface area contributed by atoms with E-state index in [1.54, 1.807) is 0 Å². The summed E-state index contributed by atoms with van der Waals surface area (Å²) < 4.78 is 5.17. The lowest BCUT2D eigenvalue weighted by Gasteiger charge is -2.28. The van der Waals surface area contributed by atoms with Crippen LogP contribution in [0.4, 0.5) is 4.79 Å². The molecule has 1 rings (SSSR count). The second-order valence-electron chi connectivity index (χ2n) is 3.35. The van der Waals surface area contributed by atoms with Crippen LogP contribution < -0.4 is 0 Å². The SMILES string of the molecule is O=CCN(CCN1CCOCC1)C(=O)O. The standard InChI is InChI=1S/C9H16N2O4/c12-6-3-11(9(13)14)2-1-10-4-7-15-8-5-10/h6H,1-5,7-8H2,(H,13,14). The van der Waals surface area contributed by atoms with E-state index in [4.69, 9.17) is 9.84 Å². The fourth-order valence-electron chi connectivity index (χ4n) is 1.44. The highest BCUT2D eigenvalue weighted by atomic mass is 16.5. The molecule has 0 spiro atoms. The van der Waals surface area contributed by atoms with Gasteiger partial charge in [0.25, 0.3) is 0 Å².